The van der Waals surface area contributed by atoms with Gasteiger partial charge in [-0.1, -0.05) is 24.3 Å². The van der Waals surface area contributed by atoms with Gasteiger partial charge in [0.05, 0.1) is 25.1 Å². The van der Waals surface area contributed by atoms with E-state index in [4.69, 9.17) is 4.74 Å². The number of carbonyl (C=O) groups is 1. The molecular formula is C23H30N2O4S. The Morgan fingerprint density at radius 3 is 2.67 bits per heavy atom. The molecule has 1 atom stereocenters. The van der Waals surface area contributed by atoms with Crippen molar-refractivity contribution >= 4 is 21.6 Å². The van der Waals surface area contributed by atoms with Crippen molar-refractivity contribution in [3.05, 3.63) is 59.2 Å². The molecule has 6 nitrogen and oxygen atoms in total. The molecule has 0 saturated heterocycles. The molecule has 0 unspecified atom stereocenters. The van der Waals surface area contributed by atoms with Crippen molar-refractivity contribution in [2.75, 3.05) is 24.2 Å². The van der Waals surface area contributed by atoms with Gasteiger partial charge in [0.1, 0.15) is 5.75 Å². The second-order valence-corrected chi connectivity index (χ2v) is 9.72. The lowest BCUT2D eigenvalue weighted by Crippen LogP contribution is -2.32. The molecule has 0 radical (unpaired) electrons. The SMILES string of the molecule is COc1cccc(N(CCCC(=O)N[C@@H](C)c2ccc3c(c2)CCC3)S(C)(=O)=O)c1. The number of hydrogen-bond acceptors (Lipinski definition) is 4. The smallest absolute Gasteiger partial charge is 0.232 e. The molecule has 7 heteroatoms. The minimum Gasteiger partial charge on any atom is -0.497 e. The van der Waals surface area contributed by atoms with Crippen molar-refractivity contribution in [3.8, 4) is 5.75 Å². The normalized spacial score (nSPS) is 14.1. The van der Waals surface area contributed by atoms with Crippen molar-refractivity contribution in [1.29, 1.82) is 0 Å². The first kappa shape index (κ1) is 22.2. The molecular weight excluding hydrogens is 400 g/mol. The van der Waals surface area contributed by atoms with E-state index in [-0.39, 0.29) is 24.9 Å². The van der Waals surface area contributed by atoms with E-state index in [1.807, 2.05) is 6.92 Å². The highest BCUT2D eigenvalue weighted by Gasteiger charge is 2.19. The molecule has 0 heterocycles. The Hall–Kier alpha value is -2.54. The Morgan fingerprint density at radius 1 is 1.17 bits per heavy atom. The number of nitrogens with zero attached hydrogens (tertiary/aromatic N) is 1. The van der Waals surface area contributed by atoms with Gasteiger partial charge < -0.3 is 10.1 Å². The zero-order valence-corrected chi connectivity index (χ0v) is 18.7. The fourth-order valence-electron chi connectivity index (χ4n) is 3.89. The Bertz CT molecular complexity index is 1000. The van der Waals surface area contributed by atoms with Gasteiger partial charge >= 0.3 is 0 Å². The second-order valence-electron chi connectivity index (χ2n) is 7.81. The van der Waals surface area contributed by atoms with Crippen LogP contribution in [0.2, 0.25) is 0 Å². The van der Waals surface area contributed by atoms with Crippen LogP contribution in [0.1, 0.15) is 48.9 Å². The van der Waals surface area contributed by atoms with Crippen molar-refractivity contribution in [3.63, 3.8) is 0 Å². The summed E-state index contributed by atoms with van der Waals surface area (Å²) in [5, 5.41) is 3.03. The summed E-state index contributed by atoms with van der Waals surface area (Å²) in [6.07, 6.45) is 5.29. The molecule has 0 fully saturated rings. The van der Waals surface area contributed by atoms with E-state index >= 15 is 0 Å². The van der Waals surface area contributed by atoms with E-state index in [1.54, 1.807) is 24.3 Å². The van der Waals surface area contributed by atoms with E-state index < -0.39 is 10.0 Å². The van der Waals surface area contributed by atoms with Gasteiger partial charge in [0.25, 0.3) is 0 Å². The zero-order chi connectivity index (χ0) is 21.7. The van der Waals surface area contributed by atoms with Gasteiger partial charge in [0, 0.05) is 19.0 Å². The van der Waals surface area contributed by atoms with Crippen molar-refractivity contribution in [2.24, 2.45) is 0 Å². The van der Waals surface area contributed by atoms with Crippen LogP contribution in [0.25, 0.3) is 0 Å². The van der Waals surface area contributed by atoms with E-state index in [0.29, 0.717) is 17.9 Å². The maximum atomic E-state index is 12.4. The Balaban J connectivity index is 1.56. The van der Waals surface area contributed by atoms with Crippen molar-refractivity contribution in [1.82, 2.24) is 5.32 Å². The molecule has 2 aromatic carbocycles. The van der Waals surface area contributed by atoms with Crippen LogP contribution in [0, 0.1) is 0 Å². The Labute approximate surface area is 179 Å². The molecule has 0 aliphatic heterocycles. The Kier molecular flexibility index (Phi) is 7.02. The number of nitrogens with one attached hydrogen (secondary N) is 1. The lowest BCUT2D eigenvalue weighted by atomic mass is 10.0. The monoisotopic (exact) mass is 430 g/mol. The summed E-state index contributed by atoms with van der Waals surface area (Å²) in [5.74, 6) is 0.504. The maximum Gasteiger partial charge on any atom is 0.232 e. The average Bonchev–Trinajstić information content (AvgIpc) is 3.18. The van der Waals surface area contributed by atoms with Crippen LogP contribution in [-0.2, 0) is 27.7 Å². The number of anilines is 1. The number of sulfonamides is 1. The predicted octanol–water partition coefficient (Wildman–Crippen LogP) is 3.61. The summed E-state index contributed by atoms with van der Waals surface area (Å²) in [6.45, 7) is 2.21. The first-order valence-electron chi connectivity index (χ1n) is 10.3. The number of aryl methyl sites for hydroxylation is 2. The summed E-state index contributed by atoms with van der Waals surface area (Å²) in [4.78, 5) is 12.4. The van der Waals surface area contributed by atoms with Crippen LogP contribution in [0.15, 0.2) is 42.5 Å². The van der Waals surface area contributed by atoms with Gasteiger partial charge in [-0.3, -0.25) is 9.10 Å². The molecule has 162 valence electrons. The largest absolute Gasteiger partial charge is 0.497 e. The van der Waals surface area contributed by atoms with Gasteiger partial charge in [0.2, 0.25) is 15.9 Å². The third kappa shape index (κ3) is 5.53. The van der Waals surface area contributed by atoms with Gasteiger partial charge in [-0.15, -0.1) is 0 Å². The van der Waals surface area contributed by atoms with E-state index in [0.717, 1.165) is 18.4 Å². The molecule has 0 aromatic heterocycles. The molecule has 1 aliphatic rings. The quantitative estimate of drug-likeness (QED) is 0.659. The molecule has 2 aromatic rings. The molecule has 1 N–H and O–H groups in total. The predicted molar refractivity (Wildman–Crippen MR) is 119 cm³/mol. The van der Waals surface area contributed by atoms with Crippen LogP contribution in [0.4, 0.5) is 5.69 Å². The van der Waals surface area contributed by atoms with Crippen LogP contribution in [0.3, 0.4) is 0 Å². The van der Waals surface area contributed by atoms with E-state index in [1.165, 1.54) is 35.2 Å². The van der Waals surface area contributed by atoms with E-state index in [9.17, 15) is 13.2 Å². The fraction of sp³-hybridized carbons (Fsp3) is 0.435. The number of carbonyl (C=O) groups excluding carboxylic acids is 1. The molecule has 3 rings (SSSR count). The third-order valence-electron chi connectivity index (χ3n) is 5.51. The van der Waals surface area contributed by atoms with Gasteiger partial charge in [0.15, 0.2) is 0 Å². The van der Waals surface area contributed by atoms with Crippen LogP contribution >= 0.6 is 0 Å². The van der Waals surface area contributed by atoms with Crippen molar-refractivity contribution < 1.29 is 17.9 Å². The topological polar surface area (TPSA) is 75.7 Å². The molecule has 0 bridgehead atoms. The number of benzene rings is 2. The zero-order valence-electron chi connectivity index (χ0n) is 17.8. The average molecular weight is 431 g/mol. The first-order chi connectivity index (χ1) is 14.3. The first-order valence-corrected chi connectivity index (χ1v) is 12.2. The highest BCUT2D eigenvalue weighted by molar-refractivity contribution is 7.92. The van der Waals surface area contributed by atoms with Crippen LogP contribution in [0.5, 0.6) is 5.75 Å². The number of amides is 1. The highest BCUT2D eigenvalue weighted by atomic mass is 32.2. The van der Waals surface area contributed by atoms with E-state index in [2.05, 4.69) is 23.5 Å². The molecule has 30 heavy (non-hydrogen) atoms. The van der Waals surface area contributed by atoms with Crippen LogP contribution < -0.4 is 14.4 Å². The summed E-state index contributed by atoms with van der Waals surface area (Å²) >= 11 is 0. The van der Waals surface area contributed by atoms with Gasteiger partial charge in [-0.2, -0.15) is 0 Å². The van der Waals surface area contributed by atoms with Crippen molar-refractivity contribution in [2.45, 2.75) is 45.1 Å². The summed E-state index contributed by atoms with van der Waals surface area (Å²) < 4.78 is 31.0. The lowest BCUT2D eigenvalue weighted by molar-refractivity contribution is -0.121. The molecule has 0 saturated carbocycles. The van der Waals surface area contributed by atoms with Crippen LogP contribution in [-0.4, -0.2) is 34.2 Å². The number of hydrogen-bond donors (Lipinski definition) is 1. The van der Waals surface area contributed by atoms with Gasteiger partial charge in [-0.25, -0.2) is 8.42 Å². The fourth-order valence-corrected chi connectivity index (χ4v) is 4.85. The number of fused-ring (bicyclic) bond motifs is 1. The Morgan fingerprint density at radius 2 is 1.93 bits per heavy atom. The summed E-state index contributed by atoms with van der Waals surface area (Å²) in [6, 6.07) is 13.3. The minimum atomic E-state index is -3.47. The summed E-state index contributed by atoms with van der Waals surface area (Å²) in [5.41, 5.74) is 4.44. The third-order valence-corrected chi connectivity index (χ3v) is 6.70. The highest BCUT2D eigenvalue weighted by Crippen LogP contribution is 2.26. The minimum absolute atomic E-state index is 0.0761. The molecule has 1 aliphatic carbocycles. The molecule has 0 spiro atoms. The number of ether oxygens (including phenoxy) is 1. The lowest BCUT2D eigenvalue weighted by Gasteiger charge is -2.23. The number of rotatable bonds is 9. The standard InChI is InChI=1S/C23H30N2O4S/c1-17(19-13-12-18-7-4-8-20(18)15-19)24-23(26)11-6-14-25(30(3,27)28)21-9-5-10-22(16-21)29-2/h5,9-10,12-13,15-17H,4,6-8,11,14H2,1-3H3,(H,24,26)/t17-/m0/s1. The second kappa shape index (κ2) is 9.51. The molecule has 1 amide bonds. The van der Waals surface area contributed by atoms with Gasteiger partial charge in [-0.05, 0) is 61.4 Å². The maximum absolute atomic E-state index is 12.4. The summed E-state index contributed by atoms with van der Waals surface area (Å²) in [7, 11) is -1.93. The number of methoxy groups -OCH3 is 1.